The molecule has 2 heteroatoms. The van der Waals surface area contributed by atoms with Gasteiger partial charge in [-0.05, 0) is 98.1 Å². The number of fused-ring (bicyclic) bond motifs is 9. The Labute approximate surface area is 333 Å². The van der Waals surface area contributed by atoms with Crippen LogP contribution in [0.5, 0.6) is 0 Å². The van der Waals surface area contributed by atoms with Crippen molar-refractivity contribution in [3.8, 4) is 44.5 Å². The maximum Gasteiger partial charge on any atom is 0.0543 e. The average Bonchev–Trinajstić information content (AvgIpc) is 3.81. The second-order valence-electron chi connectivity index (χ2n) is 16.5. The summed E-state index contributed by atoms with van der Waals surface area (Å²) in [7, 11) is 0. The molecule has 8 aromatic carbocycles. The minimum atomic E-state index is -0.120. The Kier molecular flexibility index (Phi) is 7.18. The molecule has 0 amide bonds. The number of benzene rings is 8. The first kappa shape index (κ1) is 33.1. The van der Waals surface area contributed by atoms with Crippen molar-refractivity contribution in [1.82, 2.24) is 0 Å². The minimum absolute atomic E-state index is 0.0673. The van der Waals surface area contributed by atoms with Gasteiger partial charge in [0.1, 0.15) is 0 Å². The summed E-state index contributed by atoms with van der Waals surface area (Å²) >= 11 is 1.88. The van der Waals surface area contributed by atoms with Crippen molar-refractivity contribution in [1.29, 1.82) is 0 Å². The highest BCUT2D eigenvalue weighted by molar-refractivity contribution is 7.25. The molecule has 0 saturated carbocycles. The molecule has 56 heavy (non-hydrogen) atoms. The molecule has 1 aromatic heterocycles. The topological polar surface area (TPSA) is 3.24 Å². The highest BCUT2D eigenvalue weighted by Crippen LogP contribution is 2.56. The van der Waals surface area contributed by atoms with E-state index in [1.165, 1.54) is 92.6 Å². The van der Waals surface area contributed by atoms with Gasteiger partial charge in [0.2, 0.25) is 0 Å². The summed E-state index contributed by atoms with van der Waals surface area (Å²) in [6.45, 7) is 9.47. The fourth-order valence-electron chi connectivity index (χ4n) is 9.93. The molecular formula is C54H41NS. The minimum Gasteiger partial charge on any atom is -0.309 e. The highest BCUT2D eigenvalue weighted by Gasteiger charge is 2.38. The first-order valence-corrected chi connectivity index (χ1v) is 20.5. The molecule has 1 nitrogen and oxygen atoms in total. The van der Waals surface area contributed by atoms with E-state index in [4.69, 9.17) is 0 Å². The third-order valence-corrected chi connectivity index (χ3v) is 13.8. The zero-order valence-electron chi connectivity index (χ0n) is 32.1. The summed E-state index contributed by atoms with van der Waals surface area (Å²) in [5, 5.41) is 2.63. The maximum atomic E-state index is 2.54. The van der Waals surface area contributed by atoms with E-state index in [0.29, 0.717) is 0 Å². The van der Waals surface area contributed by atoms with Gasteiger partial charge in [0.15, 0.2) is 0 Å². The van der Waals surface area contributed by atoms with E-state index in [0.717, 1.165) is 11.4 Å². The zero-order chi connectivity index (χ0) is 37.8. The summed E-state index contributed by atoms with van der Waals surface area (Å²) in [5.41, 5.74) is 19.1. The van der Waals surface area contributed by atoms with E-state index < -0.39 is 0 Å². The number of nitrogens with zero attached hydrogens (tertiary/aromatic N) is 1. The summed E-state index contributed by atoms with van der Waals surface area (Å²) in [5.74, 6) is 0. The predicted octanol–water partition coefficient (Wildman–Crippen LogP) is 15.5. The van der Waals surface area contributed by atoms with E-state index in [2.05, 4.69) is 209 Å². The zero-order valence-corrected chi connectivity index (χ0v) is 32.9. The molecule has 1 heterocycles. The van der Waals surface area contributed by atoms with Gasteiger partial charge in [-0.2, -0.15) is 0 Å². The fourth-order valence-corrected chi connectivity index (χ4v) is 11.1. The SMILES string of the molecule is CC1(C)c2ccccc2-c2ccc(-c3cccc(N(c4ccccc4-c4cccc5sc6ccccc6c45)c4cccc5c4-c4ccccc4C5(C)C)c3)cc21. The van der Waals surface area contributed by atoms with Gasteiger partial charge < -0.3 is 4.90 Å². The monoisotopic (exact) mass is 735 g/mol. The van der Waals surface area contributed by atoms with Gasteiger partial charge in [0.05, 0.1) is 11.4 Å². The molecule has 268 valence electrons. The number of para-hydroxylation sites is 1. The van der Waals surface area contributed by atoms with Crippen LogP contribution in [0, 0.1) is 0 Å². The molecule has 0 spiro atoms. The summed E-state index contributed by atoms with van der Waals surface area (Å²) < 4.78 is 2.63. The molecule has 0 N–H and O–H groups in total. The van der Waals surface area contributed by atoms with Crippen LogP contribution in [-0.4, -0.2) is 0 Å². The van der Waals surface area contributed by atoms with Crippen molar-refractivity contribution in [3.05, 3.63) is 198 Å². The third-order valence-electron chi connectivity index (χ3n) is 12.7. The molecular weight excluding hydrogens is 695 g/mol. The van der Waals surface area contributed by atoms with Crippen LogP contribution in [-0.2, 0) is 10.8 Å². The van der Waals surface area contributed by atoms with Crippen LogP contribution in [0.4, 0.5) is 17.1 Å². The lowest BCUT2D eigenvalue weighted by molar-refractivity contribution is 0.660. The molecule has 2 aliphatic carbocycles. The van der Waals surface area contributed by atoms with E-state index in [1.807, 2.05) is 11.3 Å². The number of hydrogen-bond donors (Lipinski definition) is 0. The van der Waals surface area contributed by atoms with Crippen molar-refractivity contribution in [2.75, 3.05) is 4.90 Å². The Morgan fingerprint density at radius 2 is 0.964 bits per heavy atom. The van der Waals surface area contributed by atoms with Gasteiger partial charge >= 0.3 is 0 Å². The molecule has 9 aromatic rings. The van der Waals surface area contributed by atoms with Crippen molar-refractivity contribution in [2.45, 2.75) is 38.5 Å². The first-order valence-electron chi connectivity index (χ1n) is 19.7. The van der Waals surface area contributed by atoms with Crippen LogP contribution in [0.25, 0.3) is 64.7 Å². The lowest BCUT2D eigenvalue weighted by Gasteiger charge is -2.31. The maximum absolute atomic E-state index is 2.54. The Morgan fingerprint density at radius 3 is 1.82 bits per heavy atom. The largest absolute Gasteiger partial charge is 0.309 e. The molecule has 0 aliphatic heterocycles. The lowest BCUT2D eigenvalue weighted by Crippen LogP contribution is -2.16. The average molecular weight is 736 g/mol. The number of hydrogen-bond acceptors (Lipinski definition) is 2. The Morgan fingerprint density at radius 1 is 0.393 bits per heavy atom. The van der Waals surface area contributed by atoms with Crippen LogP contribution in [0.2, 0.25) is 0 Å². The first-order chi connectivity index (χ1) is 27.3. The Bertz CT molecular complexity index is 3050. The van der Waals surface area contributed by atoms with Gasteiger partial charge in [-0.15, -0.1) is 11.3 Å². The molecule has 0 unspecified atom stereocenters. The second kappa shape index (κ2) is 12.1. The summed E-state index contributed by atoms with van der Waals surface area (Å²) in [6.07, 6.45) is 0. The fraction of sp³-hybridized carbons (Fsp3) is 0.111. The Balaban J connectivity index is 1.16. The smallest absolute Gasteiger partial charge is 0.0543 e. The second-order valence-corrected chi connectivity index (χ2v) is 17.6. The molecule has 0 fully saturated rings. The predicted molar refractivity (Wildman–Crippen MR) is 240 cm³/mol. The van der Waals surface area contributed by atoms with Crippen molar-refractivity contribution in [2.24, 2.45) is 0 Å². The third kappa shape index (κ3) is 4.72. The van der Waals surface area contributed by atoms with Crippen LogP contribution in [0.1, 0.15) is 49.9 Å². The van der Waals surface area contributed by atoms with Crippen molar-refractivity contribution in [3.63, 3.8) is 0 Å². The van der Waals surface area contributed by atoms with Gasteiger partial charge in [-0.25, -0.2) is 0 Å². The number of thiophene rings is 1. The molecule has 0 radical (unpaired) electrons. The van der Waals surface area contributed by atoms with Crippen LogP contribution >= 0.6 is 11.3 Å². The van der Waals surface area contributed by atoms with Gasteiger partial charge in [-0.1, -0.05) is 161 Å². The normalized spacial score (nSPS) is 14.4. The summed E-state index contributed by atoms with van der Waals surface area (Å²) in [6, 6.07) is 65.8. The van der Waals surface area contributed by atoms with E-state index in [1.54, 1.807) is 0 Å². The van der Waals surface area contributed by atoms with E-state index in [9.17, 15) is 0 Å². The van der Waals surface area contributed by atoms with Crippen molar-refractivity contribution >= 4 is 48.6 Å². The van der Waals surface area contributed by atoms with Crippen LogP contribution in [0.15, 0.2) is 176 Å². The van der Waals surface area contributed by atoms with Crippen LogP contribution < -0.4 is 4.90 Å². The number of anilines is 3. The Hall–Kier alpha value is -6.22. The van der Waals surface area contributed by atoms with E-state index in [-0.39, 0.29) is 10.8 Å². The highest BCUT2D eigenvalue weighted by atomic mass is 32.1. The van der Waals surface area contributed by atoms with Gasteiger partial charge in [-0.3, -0.25) is 0 Å². The molecule has 0 atom stereocenters. The quantitative estimate of drug-likeness (QED) is 0.170. The molecule has 0 bridgehead atoms. The molecule has 0 saturated heterocycles. The van der Waals surface area contributed by atoms with Gasteiger partial charge in [0.25, 0.3) is 0 Å². The number of rotatable bonds is 5. The van der Waals surface area contributed by atoms with E-state index >= 15 is 0 Å². The van der Waals surface area contributed by atoms with Crippen LogP contribution in [0.3, 0.4) is 0 Å². The molecule has 11 rings (SSSR count). The van der Waals surface area contributed by atoms with Crippen molar-refractivity contribution < 1.29 is 0 Å². The molecule has 2 aliphatic rings. The lowest BCUT2D eigenvalue weighted by atomic mass is 9.81. The standard InChI is InChI=1S/C54H41NS/c1-53(2)44-24-10-6-20-41(44)52-45(53)25-15-27-48(52)55(47-26-11-7-19-39(47)40-22-14-29-50-51(40)42-21-8-12-28-49(42)56-50)36-17-13-16-34(32-36)35-30-31-38-37-18-5-9-23-43(37)54(3,4)46(38)33-35/h5-33H,1-4H3. The summed E-state index contributed by atoms with van der Waals surface area (Å²) in [4.78, 5) is 2.54. The van der Waals surface area contributed by atoms with Gasteiger partial charge in [0, 0.05) is 47.8 Å².